The summed E-state index contributed by atoms with van der Waals surface area (Å²) in [5, 5.41) is 21.3. The predicted molar refractivity (Wildman–Crippen MR) is 198 cm³/mol. The highest BCUT2D eigenvalue weighted by molar-refractivity contribution is 5.89. The highest BCUT2D eigenvalue weighted by atomic mass is 16.5. The lowest BCUT2D eigenvalue weighted by molar-refractivity contribution is -0.151. The topological polar surface area (TPSA) is 121 Å². The van der Waals surface area contributed by atoms with E-state index in [4.69, 9.17) is 4.74 Å². The molecule has 2 N–H and O–H groups in total. The van der Waals surface area contributed by atoms with Gasteiger partial charge in [0.25, 0.3) is 0 Å². The normalized spacial score (nSPS) is 13.0. The lowest BCUT2D eigenvalue weighted by Crippen LogP contribution is -2.43. The maximum Gasteiger partial charge on any atom is 0.337 e. The molecule has 5 aromatic rings. The van der Waals surface area contributed by atoms with E-state index >= 15 is 0 Å². The molecule has 3 atom stereocenters. The van der Waals surface area contributed by atoms with Crippen molar-refractivity contribution >= 4 is 46.7 Å². The zero-order valence-electron chi connectivity index (χ0n) is 28.6. The van der Waals surface area contributed by atoms with Crippen LogP contribution in [0.3, 0.4) is 0 Å². The van der Waals surface area contributed by atoms with Crippen LogP contribution in [0.5, 0.6) is 0 Å². The molecule has 5 aromatic carbocycles. The molecule has 0 heterocycles. The van der Waals surface area contributed by atoms with E-state index in [0.29, 0.717) is 12.0 Å². The molecular weight excluding hydrogens is 642 g/mol. The number of esters is 1. The van der Waals surface area contributed by atoms with Gasteiger partial charge in [-0.2, -0.15) is 0 Å². The fourth-order valence-electron chi connectivity index (χ4n) is 6.38. The van der Waals surface area contributed by atoms with E-state index < -0.39 is 48.6 Å². The van der Waals surface area contributed by atoms with E-state index in [2.05, 4.69) is 6.07 Å². The molecule has 51 heavy (non-hydrogen) atoms. The number of rotatable bonds is 15. The molecular formula is C43H41NO7. The van der Waals surface area contributed by atoms with Gasteiger partial charge in [0.1, 0.15) is 0 Å². The average molecular weight is 684 g/mol. The third-order valence-corrected chi connectivity index (χ3v) is 9.19. The lowest BCUT2D eigenvalue weighted by Gasteiger charge is -2.36. The van der Waals surface area contributed by atoms with Crippen molar-refractivity contribution in [1.82, 2.24) is 4.90 Å². The van der Waals surface area contributed by atoms with Crippen molar-refractivity contribution in [2.24, 2.45) is 5.92 Å². The smallest absolute Gasteiger partial charge is 0.337 e. The number of carbonyl (C=O) groups excluding carboxylic acids is 2. The maximum absolute atomic E-state index is 14.2. The molecule has 0 spiro atoms. The van der Waals surface area contributed by atoms with Crippen molar-refractivity contribution in [1.29, 1.82) is 0 Å². The van der Waals surface area contributed by atoms with Crippen LogP contribution in [-0.2, 0) is 32.1 Å². The Morgan fingerprint density at radius 2 is 1.37 bits per heavy atom. The van der Waals surface area contributed by atoms with Crippen LogP contribution in [0.25, 0.3) is 22.9 Å². The molecule has 0 bridgehead atoms. The number of carboxylic acid groups (broad SMARTS) is 2. The van der Waals surface area contributed by atoms with Crippen molar-refractivity contribution in [2.45, 2.75) is 44.7 Å². The van der Waals surface area contributed by atoms with Gasteiger partial charge in [-0.15, -0.1) is 0 Å². The van der Waals surface area contributed by atoms with Gasteiger partial charge in [0.05, 0.1) is 25.0 Å². The number of fused-ring (bicyclic) bond motifs is 1. The number of ether oxygens (including phenoxy) is 1. The SMILES string of the molecule is COC(=O)c1ccc(C(Cc2cccc(/C=C/c3ccccc3)c2)C(C)N(Cc2ccc3ccccc3c2)C(=O)CC(CC(=O)O)C(=O)O)cc1. The minimum absolute atomic E-state index is 0.181. The highest BCUT2D eigenvalue weighted by Crippen LogP contribution is 2.31. The van der Waals surface area contributed by atoms with Crippen molar-refractivity contribution in [3.05, 3.63) is 155 Å². The summed E-state index contributed by atoms with van der Waals surface area (Å²) in [7, 11) is 1.32. The molecule has 0 aliphatic carbocycles. The number of nitrogens with zero attached hydrogens (tertiary/aromatic N) is 1. The second-order valence-corrected chi connectivity index (χ2v) is 12.7. The molecule has 3 unspecified atom stereocenters. The number of hydrogen-bond acceptors (Lipinski definition) is 5. The first kappa shape index (κ1) is 36.3. The summed E-state index contributed by atoms with van der Waals surface area (Å²) >= 11 is 0. The molecule has 1 amide bonds. The Bertz CT molecular complexity index is 2020. The summed E-state index contributed by atoms with van der Waals surface area (Å²) in [6.45, 7) is 2.12. The first-order valence-corrected chi connectivity index (χ1v) is 16.8. The molecule has 0 aliphatic heterocycles. The number of aliphatic carboxylic acids is 2. The molecule has 0 saturated carbocycles. The van der Waals surface area contributed by atoms with Crippen molar-refractivity contribution in [3.8, 4) is 0 Å². The Hall–Kier alpha value is -6.02. The standard InChI is InChI=1S/C43H41NO7/c1-29(44(40(45)26-38(42(48)49)27-41(46)47)28-33-17-18-34-13-6-7-14-37(34)24-33)39(35-19-21-36(22-20-35)43(50)51-2)25-32-12-8-11-31(23-32)16-15-30-9-4-3-5-10-30/h3-24,29,38-39H,25-28H2,1-2H3,(H,46,47)(H,48,49)/b16-15+. The van der Waals surface area contributed by atoms with Crippen LogP contribution in [0.4, 0.5) is 0 Å². The Kier molecular flexibility index (Phi) is 12.1. The molecule has 8 heteroatoms. The molecule has 0 aromatic heterocycles. The summed E-state index contributed by atoms with van der Waals surface area (Å²) in [6.07, 6.45) is 3.48. The van der Waals surface area contributed by atoms with Crippen LogP contribution in [0.15, 0.2) is 121 Å². The van der Waals surface area contributed by atoms with Gasteiger partial charge in [-0.1, -0.05) is 115 Å². The molecule has 260 valence electrons. The van der Waals surface area contributed by atoms with Gasteiger partial charge in [-0.25, -0.2) is 4.79 Å². The number of amides is 1. The van der Waals surface area contributed by atoms with Gasteiger partial charge in [0, 0.05) is 24.9 Å². The quantitative estimate of drug-likeness (QED) is 0.0845. The predicted octanol–water partition coefficient (Wildman–Crippen LogP) is 8.11. The minimum atomic E-state index is -1.38. The van der Waals surface area contributed by atoms with E-state index in [-0.39, 0.29) is 12.5 Å². The van der Waals surface area contributed by atoms with Gasteiger partial charge in [0.2, 0.25) is 5.91 Å². The van der Waals surface area contributed by atoms with Gasteiger partial charge < -0.3 is 19.8 Å². The van der Waals surface area contributed by atoms with E-state index in [9.17, 15) is 29.4 Å². The average Bonchev–Trinajstić information content (AvgIpc) is 3.14. The summed E-state index contributed by atoms with van der Waals surface area (Å²) in [5.74, 6) is -5.21. The van der Waals surface area contributed by atoms with Crippen molar-refractivity contribution < 1.29 is 34.1 Å². The van der Waals surface area contributed by atoms with Gasteiger partial charge in [-0.05, 0) is 70.1 Å². The highest BCUT2D eigenvalue weighted by Gasteiger charge is 2.33. The van der Waals surface area contributed by atoms with Gasteiger partial charge in [0.15, 0.2) is 0 Å². The largest absolute Gasteiger partial charge is 0.481 e. The number of benzene rings is 5. The first-order valence-electron chi connectivity index (χ1n) is 16.8. The number of hydrogen-bond donors (Lipinski definition) is 2. The number of carboxylic acids is 2. The lowest BCUT2D eigenvalue weighted by atomic mass is 9.84. The first-order chi connectivity index (χ1) is 24.6. The monoisotopic (exact) mass is 683 g/mol. The maximum atomic E-state index is 14.2. The zero-order chi connectivity index (χ0) is 36.3. The summed E-state index contributed by atoms with van der Waals surface area (Å²) in [5.41, 5.74) is 5.22. The van der Waals surface area contributed by atoms with Crippen LogP contribution in [0.2, 0.25) is 0 Å². The van der Waals surface area contributed by atoms with E-state index in [1.54, 1.807) is 17.0 Å². The summed E-state index contributed by atoms with van der Waals surface area (Å²) < 4.78 is 4.91. The van der Waals surface area contributed by atoms with Gasteiger partial charge >= 0.3 is 17.9 Å². The molecule has 0 fully saturated rings. The molecule has 5 rings (SSSR count). The van der Waals surface area contributed by atoms with Crippen LogP contribution >= 0.6 is 0 Å². The minimum Gasteiger partial charge on any atom is -0.481 e. The Morgan fingerprint density at radius 1 is 0.706 bits per heavy atom. The van der Waals surface area contributed by atoms with E-state index in [1.807, 2.05) is 122 Å². The van der Waals surface area contributed by atoms with Crippen LogP contribution in [0, 0.1) is 5.92 Å². The Morgan fingerprint density at radius 3 is 2.06 bits per heavy atom. The molecule has 0 aliphatic rings. The Balaban J connectivity index is 1.53. The van der Waals surface area contributed by atoms with Crippen molar-refractivity contribution in [2.75, 3.05) is 7.11 Å². The fourth-order valence-corrected chi connectivity index (χ4v) is 6.38. The summed E-state index contributed by atoms with van der Waals surface area (Å²) in [6, 6.07) is 38.6. The zero-order valence-corrected chi connectivity index (χ0v) is 28.6. The second kappa shape index (κ2) is 17.1. The van der Waals surface area contributed by atoms with Crippen molar-refractivity contribution in [3.63, 3.8) is 0 Å². The number of carbonyl (C=O) groups is 4. The molecule has 8 nitrogen and oxygen atoms in total. The summed E-state index contributed by atoms with van der Waals surface area (Å²) in [4.78, 5) is 51.7. The van der Waals surface area contributed by atoms with E-state index in [0.717, 1.165) is 38.6 Å². The van der Waals surface area contributed by atoms with Crippen LogP contribution in [0.1, 0.15) is 63.9 Å². The van der Waals surface area contributed by atoms with Crippen LogP contribution < -0.4 is 0 Å². The van der Waals surface area contributed by atoms with Crippen LogP contribution in [-0.4, -0.2) is 52.1 Å². The van der Waals surface area contributed by atoms with E-state index in [1.165, 1.54) is 7.11 Å². The van der Waals surface area contributed by atoms with Gasteiger partial charge in [-0.3, -0.25) is 14.4 Å². The fraction of sp³-hybridized carbons (Fsp3) is 0.209. The Labute approximate surface area is 297 Å². The molecule has 0 saturated heterocycles. The third-order valence-electron chi connectivity index (χ3n) is 9.19. The molecule has 0 radical (unpaired) electrons. The second-order valence-electron chi connectivity index (χ2n) is 12.7. The third kappa shape index (κ3) is 9.79. The number of methoxy groups -OCH3 is 1.